The molecule has 1 aliphatic rings. The Bertz CT molecular complexity index is 335. The summed E-state index contributed by atoms with van der Waals surface area (Å²) in [6.45, 7) is 3.95. The Kier molecular flexibility index (Phi) is 5.53. The van der Waals surface area contributed by atoms with Crippen molar-refractivity contribution >= 4 is 18.0 Å². The number of nitrogens with two attached hydrogens (primary N) is 1. The lowest BCUT2D eigenvalue weighted by Crippen LogP contribution is -2.33. The van der Waals surface area contributed by atoms with Crippen LogP contribution in [0.2, 0.25) is 0 Å². The molecule has 0 unspecified atom stereocenters. The molecule has 1 heterocycles. The maximum atomic E-state index is 5.54. The minimum Gasteiger partial charge on any atom is -0.329 e. The minimum absolute atomic E-state index is 0. The third kappa shape index (κ3) is 3.34. The van der Waals surface area contributed by atoms with E-state index >= 15 is 0 Å². The Hall–Kier alpha value is -0.830. The molecule has 16 heavy (non-hydrogen) atoms. The van der Waals surface area contributed by atoms with Crippen molar-refractivity contribution in [2.75, 3.05) is 26.2 Å². The van der Waals surface area contributed by atoms with Crippen molar-refractivity contribution in [2.45, 2.75) is 6.42 Å². The van der Waals surface area contributed by atoms with Crippen LogP contribution in [0.4, 0.5) is 0 Å². The van der Waals surface area contributed by atoms with Crippen molar-refractivity contribution in [1.29, 1.82) is 0 Å². The van der Waals surface area contributed by atoms with Crippen LogP contribution in [-0.2, 0) is 0 Å². The molecule has 88 valence electrons. The lowest BCUT2D eigenvalue weighted by Gasteiger charge is -2.25. The third-order valence-electron chi connectivity index (χ3n) is 2.88. The summed E-state index contributed by atoms with van der Waals surface area (Å²) < 4.78 is 0. The van der Waals surface area contributed by atoms with Crippen molar-refractivity contribution in [3.8, 4) is 0 Å². The van der Waals surface area contributed by atoms with Gasteiger partial charge < -0.3 is 5.73 Å². The van der Waals surface area contributed by atoms with Crippen LogP contribution < -0.4 is 5.73 Å². The van der Waals surface area contributed by atoms with E-state index in [0.29, 0.717) is 0 Å². The van der Waals surface area contributed by atoms with Crippen LogP contribution in [0, 0.1) is 0 Å². The van der Waals surface area contributed by atoms with Crippen LogP contribution in [0.25, 0.3) is 5.57 Å². The molecule has 0 radical (unpaired) electrons. The van der Waals surface area contributed by atoms with Gasteiger partial charge in [-0.25, -0.2) is 0 Å². The number of benzene rings is 1. The van der Waals surface area contributed by atoms with E-state index in [1.54, 1.807) is 0 Å². The maximum absolute atomic E-state index is 5.54. The van der Waals surface area contributed by atoms with Gasteiger partial charge in [0.1, 0.15) is 0 Å². The molecule has 0 spiro atoms. The summed E-state index contributed by atoms with van der Waals surface area (Å²) in [6.07, 6.45) is 3.47. The van der Waals surface area contributed by atoms with Crippen LogP contribution in [0.3, 0.4) is 0 Å². The van der Waals surface area contributed by atoms with Gasteiger partial charge in [-0.1, -0.05) is 36.4 Å². The fourth-order valence-electron chi connectivity index (χ4n) is 2.01. The lowest BCUT2D eigenvalue weighted by atomic mass is 10.00. The first kappa shape index (κ1) is 13.2. The zero-order valence-corrected chi connectivity index (χ0v) is 10.2. The van der Waals surface area contributed by atoms with Crippen LogP contribution in [-0.4, -0.2) is 31.1 Å². The highest BCUT2D eigenvalue weighted by Crippen LogP contribution is 2.21. The molecule has 0 aliphatic carbocycles. The van der Waals surface area contributed by atoms with Crippen LogP contribution in [0.1, 0.15) is 12.0 Å². The monoisotopic (exact) mass is 238 g/mol. The number of rotatable bonds is 3. The van der Waals surface area contributed by atoms with Crippen LogP contribution >= 0.6 is 12.4 Å². The molecule has 2 nitrogen and oxygen atoms in total. The van der Waals surface area contributed by atoms with E-state index in [4.69, 9.17) is 5.73 Å². The Morgan fingerprint density at radius 3 is 2.50 bits per heavy atom. The molecule has 0 saturated carbocycles. The minimum atomic E-state index is 0. The Balaban J connectivity index is 0.00000128. The summed E-state index contributed by atoms with van der Waals surface area (Å²) in [5, 5.41) is 0. The second-order valence-corrected chi connectivity index (χ2v) is 3.93. The Labute approximate surface area is 104 Å². The van der Waals surface area contributed by atoms with E-state index in [1.165, 1.54) is 11.1 Å². The van der Waals surface area contributed by atoms with Crippen molar-refractivity contribution in [2.24, 2.45) is 5.73 Å². The zero-order valence-electron chi connectivity index (χ0n) is 9.43. The summed E-state index contributed by atoms with van der Waals surface area (Å²) in [7, 11) is 0. The summed E-state index contributed by atoms with van der Waals surface area (Å²) >= 11 is 0. The van der Waals surface area contributed by atoms with Gasteiger partial charge in [-0.2, -0.15) is 0 Å². The fraction of sp³-hybridized carbons (Fsp3) is 0.385. The van der Waals surface area contributed by atoms with Gasteiger partial charge in [-0.15, -0.1) is 12.4 Å². The standard InChI is InChI=1S/C13H18N2.ClH/c14-8-11-15-9-6-13(7-10-15)12-4-2-1-3-5-12;/h1-6H,7-11,14H2;1H. The molecule has 0 bridgehead atoms. The van der Waals surface area contributed by atoms with Crippen molar-refractivity contribution in [3.63, 3.8) is 0 Å². The van der Waals surface area contributed by atoms with Gasteiger partial charge in [0.15, 0.2) is 0 Å². The lowest BCUT2D eigenvalue weighted by molar-refractivity contribution is 0.310. The largest absolute Gasteiger partial charge is 0.329 e. The summed E-state index contributed by atoms with van der Waals surface area (Å²) in [5.74, 6) is 0. The molecule has 1 aromatic carbocycles. The second kappa shape index (κ2) is 6.69. The van der Waals surface area contributed by atoms with Crippen molar-refractivity contribution in [1.82, 2.24) is 4.90 Å². The average molecular weight is 239 g/mol. The van der Waals surface area contributed by atoms with E-state index in [2.05, 4.69) is 41.3 Å². The molecule has 0 fully saturated rings. The van der Waals surface area contributed by atoms with E-state index in [0.717, 1.165) is 32.6 Å². The summed E-state index contributed by atoms with van der Waals surface area (Å²) in [4.78, 5) is 2.40. The smallest absolute Gasteiger partial charge is 0.0169 e. The predicted molar refractivity (Wildman–Crippen MR) is 71.8 cm³/mol. The van der Waals surface area contributed by atoms with Crippen molar-refractivity contribution in [3.05, 3.63) is 42.0 Å². The summed E-state index contributed by atoms with van der Waals surface area (Å²) in [6, 6.07) is 10.6. The molecule has 1 aliphatic heterocycles. The Morgan fingerprint density at radius 2 is 1.94 bits per heavy atom. The molecule has 2 rings (SSSR count). The van der Waals surface area contributed by atoms with E-state index in [1.807, 2.05) is 0 Å². The molecular formula is C13H19ClN2. The van der Waals surface area contributed by atoms with Crippen molar-refractivity contribution < 1.29 is 0 Å². The summed E-state index contributed by atoms with van der Waals surface area (Å²) in [5.41, 5.74) is 8.38. The molecule has 3 heteroatoms. The van der Waals surface area contributed by atoms with E-state index in [9.17, 15) is 0 Å². The molecule has 0 saturated heterocycles. The van der Waals surface area contributed by atoms with Gasteiger partial charge in [-0.3, -0.25) is 4.90 Å². The van der Waals surface area contributed by atoms with E-state index < -0.39 is 0 Å². The first-order valence-electron chi connectivity index (χ1n) is 5.57. The molecule has 0 atom stereocenters. The van der Waals surface area contributed by atoms with Gasteiger partial charge in [0, 0.05) is 26.2 Å². The second-order valence-electron chi connectivity index (χ2n) is 3.93. The maximum Gasteiger partial charge on any atom is 0.0169 e. The molecular weight excluding hydrogens is 220 g/mol. The first-order valence-corrected chi connectivity index (χ1v) is 5.57. The van der Waals surface area contributed by atoms with Gasteiger partial charge >= 0.3 is 0 Å². The molecule has 0 aromatic heterocycles. The van der Waals surface area contributed by atoms with Gasteiger partial charge in [0.25, 0.3) is 0 Å². The molecule has 0 amide bonds. The highest BCUT2D eigenvalue weighted by Gasteiger charge is 2.11. The normalized spacial score (nSPS) is 16.4. The highest BCUT2D eigenvalue weighted by atomic mass is 35.5. The topological polar surface area (TPSA) is 29.3 Å². The first-order chi connectivity index (χ1) is 7.40. The average Bonchev–Trinajstić information content (AvgIpc) is 2.32. The van der Waals surface area contributed by atoms with Gasteiger partial charge in [0.2, 0.25) is 0 Å². The highest BCUT2D eigenvalue weighted by molar-refractivity contribution is 5.85. The molecule has 1 aromatic rings. The molecule has 2 N–H and O–H groups in total. The van der Waals surface area contributed by atoms with E-state index in [-0.39, 0.29) is 12.4 Å². The third-order valence-corrected chi connectivity index (χ3v) is 2.88. The SMILES string of the molecule is Cl.NCCN1CC=C(c2ccccc2)CC1. The Morgan fingerprint density at radius 1 is 1.19 bits per heavy atom. The number of hydrogen-bond donors (Lipinski definition) is 1. The van der Waals surface area contributed by atoms with Gasteiger partial charge in [-0.05, 0) is 17.6 Å². The van der Waals surface area contributed by atoms with Crippen LogP contribution in [0.15, 0.2) is 36.4 Å². The zero-order chi connectivity index (χ0) is 10.5. The fourth-order valence-corrected chi connectivity index (χ4v) is 2.01. The number of nitrogens with zero attached hydrogens (tertiary/aromatic N) is 1. The number of halogens is 1. The van der Waals surface area contributed by atoms with Crippen LogP contribution in [0.5, 0.6) is 0 Å². The quantitative estimate of drug-likeness (QED) is 0.875. The predicted octanol–water partition coefficient (Wildman–Crippen LogP) is 2.16. The number of hydrogen-bond acceptors (Lipinski definition) is 2. The van der Waals surface area contributed by atoms with Gasteiger partial charge in [0.05, 0.1) is 0 Å².